The monoisotopic (exact) mass is 291 g/mol. The zero-order chi connectivity index (χ0) is 14.8. The molecule has 0 bridgehead atoms. The van der Waals surface area contributed by atoms with Gasteiger partial charge in [0, 0.05) is 18.1 Å². The summed E-state index contributed by atoms with van der Waals surface area (Å²) in [5.74, 6) is -0.0758. The summed E-state index contributed by atoms with van der Waals surface area (Å²) in [7, 11) is -3.02. The lowest BCUT2D eigenvalue weighted by atomic mass is 10.1. The Morgan fingerprint density at radius 1 is 1.25 bits per heavy atom. The quantitative estimate of drug-likeness (QED) is 0.794. The number of carbonyl (C=O) groups excluding carboxylic acids is 1. The van der Waals surface area contributed by atoms with Crippen LogP contribution in [0.3, 0.4) is 0 Å². The molecular weight excluding hydrogens is 274 g/mol. The van der Waals surface area contributed by atoms with E-state index in [1.54, 1.807) is 6.07 Å². The van der Waals surface area contributed by atoms with Gasteiger partial charge in [0.2, 0.25) is 0 Å². The Bertz CT molecular complexity index is 751. The Hall–Kier alpha value is -1.75. The van der Waals surface area contributed by atoms with E-state index >= 15 is 0 Å². The van der Waals surface area contributed by atoms with Crippen molar-refractivity contribution in [2.45, 2.75) is 19.8 Å². The number of hydrogen-bond acceptors (Lipinski definition) is 4. The van der Waals surface area contributed by atoms with Crippen LogP contribution >= 0.6 is 0 Å². The third kappa shape index (κ3) is 3.63. The second kappa shape index (κ2) is 5.71. The van der Waals surface area contributed by atoms with Crippen LogP contribution in [0.25, 0.3) is 10.9 Å². The first-order chi connectivity index (χ1) is 9.37. The number of ketones is 1. The molecule has 0 saturated heterocycles. The second-order valence-electron chi connectivity index (χ2n) is 5.00. The molecule has 0 amide bonds. The van der Waals surface area contributed by atoms with E-state index in [2.05, 4.69) is 4.98 Å². The van der Waals surface area contributed by atoms with Crippen molar-refractivity contribution in [3.8, 4) is 0 Å². The van der Waals surface area contributed by atoms with E-state index in [0.717, 1.165) is 16.5 Å². The normalized spacial score (nSPS) is 11.7. The van der Waals surface area contributed by atoms with Crippen LogP contribution in [0.15, 0.2) is 30.3 Å². The molecule has 1 aromatic carbocycles. The van der Waals surface area contributed by atoms with E-state index in [9.17, 15) is 13.2 Å². The fourth-order valence-corrected chi connectivity index (χ4v) is 2.78. The molecule has 0 spiro atoms. The number of benzene rings is 1. The predicted molar refractivity (Wildman–Crippen MR) is 79.8 cm³/mol. The van der Waals surface area contributed by atoms with Crippen LogP contribution in [-0.4, -0.2) is 31.2 Å². The Morgan fingerprint density at radius 3 is 2.65 bits per heavy atom. The van der Waals surface area contributed by atoms with Gasteiger partial charge in [-0.3, -0.25) is 4.79 Å². The van der Waals surface area contributed by atoms with Crippen LogP contribution in [0.5, 0.6) is 0 Å². The van der Waals surface area contributed by atoms with Crippen LogP contribution < -0.4 is 0 Å². The van der Waals surface area contributed by atoms with Gasteiger partial charge in [0.15, 0.2) is 5.78 Å². The van der Waals surface area contributed by atoms with Crippen LogP contribution in [-0.2, 0) is 9.84 Å². The van der Waals surface area contributed by atoms with Crippen molar-refractivity contribution >= 4 is 26.5 Å². The first kappa shape index (κ1) is 14.7. The van der Waals surface area contributed by atoms with Crippen molar-refractivity contribution in [3.63, 3.8) is 0 Å². The summed E-state index contributed by atoms with van der Waals surface area (Å²) < 4.78 is 22.1. The Kier molecular flexibility index (Phi) is 4.18. The number of aromatic nitrogens is 1. The molecule has 0 saturated carbocycles. The molecule has 0 aliphatic heterocycles. The van der Waals surface area contributed by atoms with Gasteiger partial charge in [-0.2, -0.15) is 0 Å². The minimum Gasteiger partial charge on any atom is -0.292 e. The molecule has 0 atom stereocenters. The summed E-state index contributed by atoms with van der Waals surface area (Å²) in [6, 6.07) is 9.42. The number of para-hydroxylation sites is 1. The highest BCUT2D eigenvalue weighted by atomic mass is 32.2. The summed E-state index contributed by atoms with van der Waals surface area (Å²) in [6.07, 6.45) is 1.72. The zero-order valence-electron chi connectivity index (χ0n) is 11.6. The van der Waals surface area contributed by atoms with Crippen molar-refractivity contribution < 1.29 is 13.2 Å². The van der Waals surface area contributed by atoms with Gasteiger partial charge in [-0.25, -0.2) is 13.4 Å². The van der Waals surface area contributed by atoms with Crippen molar-refractivity contribution in [2.75, 3.05) is 12.0 Å². The van der Waals surface area contributed by atoms with Crippen LogP contribution in [0.4, 0.5) is 0 Å². The summed E-state index contributed by atoms with van der Waals surface area (Å²) >= 11 is 0. The number of aryl methyl sites for hydroxylation is 1. The molecule has 0 radical (unpaired) electrons. The zero-order valence-corrected chi connectivity index (χ0v) is 12.4. The number of rotatable bonds is 5. The highest BCUT2D eigenvalue weighted by molar-refractivity contribution is 7.90. The third-order valence-electron chi connectivity index (χ3n) is 3.13. The van der Waals surface area contributed by atoms with Crippen LogP contribution in [0, 0.1) is 6.92 Å². The topological polar surface area (TPSA) is 64.1 Å². The minimum atomic E-state index is -3.02. The molecule has 2 aromatic rings. The molecule has 20 heavy (non-hydrogen) atoms. The lowest BCUT2D eigenvalue weighted by Gasteiger charge is -2.05. The van der Waals surface area contributed by atoms with Crippen molar-refractivity contribution in [3.05, 3.63) is 41.6 Å². The molecule has 1 heterocycles. The lowest BCUT2D eigenvalue weighted by Crippen LogP contribution is -2.08. The van der Waals surface area contributed by atoms with Crippen molar-refractivity contribution in [2.24, 2.45) is 0 Å². The van der Waals surface area contributed by atoms with E-state index < -0.39 is 9.84 Å². The van der Waals surface area contributed by atoms with E-state index in [1.165, 1.54) is 6.26 Å². The standard InChI is InChI=1S/C15H17NO3S/c1-11-10-14(15(17)8-5-9-20(2,18)19)16-13-7-4-3-6-12(11)13/h3-4,6-7,10H,5,8-9H2,1-2H3. The molecule has 0 aliphatic rings. The Balaban J connectivity index is 2.18. The molecule has 0 fully saturated rings. The molecule has 0 aliphatic carbocycles. The molecule has 1 aromatic heterocycles. The fraction of sp³-hybridized carbons (Fsp3) is 0.333. The van der Waals surface area contributed by atoms with E-state index in [-0.39, 0.29) is 18.0 Å². The predicted octanol–water partition coefficient (Wildman–Crippen LogP) is 2.55. The molecule has 0 unspecified atom stereocenters. The molecule has 2 rings (SSSR count). The first-order valence-corrected chi connectivity index (χ1v) is 8.50. The third-order valence-corrected chi connectivity index (χ3v) is 4.16. The molecule has 4 nitrogen and oxygen atoms in total. The maximum atomic E-state index is 12.1. The number of pyridine rings is 1. The average molecular weight is 291 g/mol. The van der Waals surface area contributed by atoms with Crippen LogP contribution in [0.1, 0.15) is 28.9 Å². The van der Waals surface area contributed by atoms with Gasteiger partial charge in [0.25, 0.3) is 0 Å². The number of hydrogen-bond donors (Lipinski definition) is 0. The molecule has 106 valence electrons. The number of fused-ring (bicyclic) bond motifs is 1. The number of nitrogens with zero attached hydrogens (tertiary/aromatic N) is 1. The van der Waals surface area contributed by atoms with E-state index in [1.807, 2.05) is 31.2 Å². The van der Waals surface area contributed by atoms with Crippen LogP contribution in [0.2, 0.25) is 0 Å². The first-order valence-electron chi connectivity index (χ1n) is 6.44. The van der Waals surface area contributed by atoms with Gasteiger partial charge in [0.1, 0.15) is 15.5 Å². The van der Waals surface area contributed by atoms with Gasteiger partial charge in [0.05, 0.1) is 11.3 Å². The Labute approximate surface area is 118 Å². The van der Waals surface area contributed by atoms with Gasteiger partial charge in [-0.05, 0) is 31.0 Å². The van der Waals surface area contributed by atoms with Gasteiger partial charge < -0.3 is 0 Å². The second-order valence-corrected chi connectivity index (χ2v) is 7.26. The molecule has 5 heteroatoms. The number of sulfone groups is 1. The van der Waals surface area contributed by atoms with Crippen molar-refractivity contribution in [1.29, 1.82) is 0 Å². The largest absolute Gasteiger partial charge is 0.292 e. The summed E-state index contributed by atoms with van der Waals surface area (Å²) in [6.45, 7) is 1.94. The minimum absolute atomic E-state index is 0.0330. The van der Waals surface area contributed by atoms with Gasteiger partial charge >= 0.3 is 0 Å². The van der Waals surface area contributed by atoms with E-state index in [0.29, 0.717) is 12.1 Å². The van der Waals surface area contributed by atoms with E-state index in [4.69, 9.17) is 0 Å². The molecular formula is C15H17NO3S. The summed E-state index contributed by atoms with van der Waals surface area (Å²) in [5, 5.41) is 1.03. The lowest BCUT2D eigenvalue weighted by molar-refractivity contribution is 0.0977. The maximum Gasteiger partial charge on any atom is 0.181 e. The molecule has 0 N–H and O–H groups in total. The SMILES string of the molecule is Cc1cc(C(=O)CCCS(C)(=O)=O)nc2ccccc12. The van der Waals surface area contributed by atoms with Crippen molar-refractivity contribution in [1.82, 2.24) is 4.98 Å². The fourth-order valence-electron chi connectivity index (χ4n) is 2.12. The van der Waals surface area contributed by atoms with Gasteiger partial charge in [-0.1, -0.05) is 18.2 Å². The average Bonchev–Trinajstić information content (AvgIpc) is 2.37. The highest BCUT2D eigenvalue weighted by Gasteiger charge is 2.11. The number of Topliss-reactive ketones (excluding diaryl/α,β-unsaturated/α-hetero) is 1. The number of carbonyl (C=O) groups is 1. The summed E-state index contributed by atoms with van der Waals surface area (Å²) in [4.78, 5) is 16.4. The smallest absolute Gasteiger partial charge is 0.181 e. The highest BCUT2D eigenvalue weighted by Crippen LogP contribution is 2.18. The maximum absolute atomic E-state index is 12.1. The Morgan fingerprint density at radius 2 is 1.95 bits per heavy atom. The van der Waals surface area contributed by atoms with Gasteiger partial charge in [-0.15, -0.1) is 0 Å². The summed E-state index contributed by atoms with van der Waals surface area (Å²) in [5.41, 5.74) is 2.20.